The van der Waals surface area contributed by atoms with Gasteiger partial charge in [-0.05, 0) is 24.9 Å². The Balaban J connectivity index is 1.89. The van der Waals surface area contributed by atoms with Crippen molar-refractivity contribution < 1.29 is 0 Å². The first-order valence-corrected chi connectivity index (χ1v) is 9.74. The van der Waals surface area contributed by atoms with Crippen molar-refractivity contribution in [3.8, 4) is 0 Å². The maximum absolute atomic E-state index is 3.72. The maximum atomic E-state index is 3.72. The summed E-state index contributed by atoms with van der Waals surface area (Å²) in [7, 11) is 0. The highest BCUT2D eigenvalue weighted by molar-refractivity contribution is 8.07. The zero-order chi connectivity index (χ0) is 14.4. The molecule has 0 radical (unpaired) electrons. The van der Waals surface area contributed by atoms with Crippen molar-refractivity contribution in [3.05, 3.63) is 35.9 Å². The Morgan fingerprint density at radius 2 is 1.95 bits per heavy atom. The normalized spacial score (nSPS) is 28.2. The fourth-order valence-corrected chi connectivity index (χ4v) is 5.84. The number of aryl methyl sites for hydroxylation is 1. The van der Waals surface area contributed by atoms with Crippen LogP contribution in [0.25, 0.3) is 0 Å². The Hall–Kier alpha value is -0.120. The zero-order valence-corrected chi connectivity index (χ0v) is 14.5. The summed E-state index contributed by atoms with van der Waals surface area (Å²) in [5, 5.41) is 6.06. The van der Waals surface area contributed by atoms with Gasteiger partial charge >= 0.3 is 0 Å². The molecule has 4 atom stereocenters. The van der Waals surface area contributed by atoms with Crippen LogP contribution in [-0.2, 0) is 6.42 Å². The smallest absolute Gasteiger partial charge is 0.0295 e. The lowest BCUT2D eigenvalue weighted by molar-refractivity contribution is 0.490. The second-order valence-corrected chi connectivity index (χ2v) is 8.64. The fraction of sp³-hybridized carbons (Fsp3) is 0.647. The van der Waals surface area contributed by atoms with Crippen molar-refractivity contribution in [1.29, 1.82) is 0 Å². The van der Waals surface area contributed by atoms with E-state index in [0.29, 0.717) is 6.04 Å². The summed E-state index contributed by atoms with van der Waals surface area (Å²) in [4.78, 5) is 0. The first-order valence-electron chi connectivity index (χ1n) is 7.75. The second-order valence-electron chi connectivity index (χ2n) is 5.61. The standard InChI is InChI=1S/C17H27NS2/c1-4-18-16(11-10-15-8-6-5-7-9-15)17-12-19-13(2)14(3)20-17/h5-9,13-14,16-18H,4,10-12H2,1-3H3. The lowest BCUT2D eigenvalue weighted by Gasteiger charge is -2.36. The Kier molecular flexibility index (Phi) is 6.79. The third-order valence-electron chi connectivity index (χ3n) is 4.08. The molecule has 0 saturated carbocycles. The van der Waals surface area contributed by atoms with E-state index in [1.165, 1.54) is 24.2 Å². The predicted molar refractivity (Wildman–Crippen MR) is 95.0 cm³/mol. The molecule has 0 spiro atoms. The average molecular weight is 310 g/mol. The van der Waals surface area contributed by atoms with Crippen LogP contribution in [0.2, 0.25) is 0 Å². The van der Waals surface area contributed by atoms with Crippen LogP contribution in [0.15, 0.2) is 30.3 Å². The molecule has 1 aromatic carbocycles. The van der Waals surface area contributed by atoms with E-state index < -0.39 is 0 Å². The molecule has 3 heteroatoms. The van der Waals surface area contributed by atoms with Gasteiger partial charge in [-0.2, -0.15) is 23.5 Å². The highest BCUT2D eigenvalue weighted by Crippen LogP contribution is 2.37. The fourth-order valence-electron chi connectivity index (χ4n) is 2.67. The van der Waals surface area contributed by atoms with Crippen molar-refractivity contribution in [2.75, 3.05) is 12.3 Å². The van der Waals surface area contributed by atoms with Crippen molar-refractivity contribution in [1.82, 2.24) is 5.32 Å². The average Bonchev–Trinajstić information content (AvgIpc) is 2.47. The van der Waals surface area contributed by atoms with E-state index in [1.807, 2.05) is 0 Å². The van der Waals surface area contributed by atoms with Gasteiger partial charge in [0.2, 0.25) is 0 Å². The quantitative estimate of drug-likeness (QED) is 0.845. The molecule has 1 aliphatic rings. The highest BCUT2D eigenvalue weighted by Gasteiger charge is 2.30. The summed E-state index contributed by atoms with van der Waals surface area (Å²) in [5.74, 6) is 1.29. The summed E-state index contributed by atoms with van der Waals surface area (Å²) in [6.45, 7) is 8.05. The van der Waals surface area contributed by atoms with Crippen LogP contribution in [0, 0.1) is 0 Å². The molecule has 1 saturated heterocycles. The lowest BCUT2D eigenvalue weighted by Crippen LogP contribution is -2.43. The van der Waals surface area contributed by atoms with Gasteiger partial charge in [-0.15, -0.1) is 0 Å². The monoisotopic (exact) mass is 309 g/mol. The third kappa shape index (κ3) is 4.71. The molecule has 4 unspecified atom stereocenters. The minimum Gasteiger partial charge on any atom is -0.313 e. The summed E-state index contributed by atoms with van der Waals surface area (Å²) in [6.07, 6.45) is 2.43. The number of hydrogen-bond acceptors (Lipinski definition) is 3. The molecule has 0 aromatic heterocycles. The molecule has 1 fully saturated rings. The van der Waals surface area contributed by atoms with E-state index in [1.54, 1.807) is 0 Å². The van der Waals surface area contributed by atoms with E-state index in [-0.39, 0.29) is 0 Å². The molecule has 2 rings (SSSR count). The van der Waals surface area contributed by atoms with Gasteiger partial charge in [0.15, 0.2) is 0 Å². The Bertz CT molecular complexity index is 382. The van der Waals surface area contributed by atoms with Gasteiger partial charge in [0, 0.05) is 27.5 Å². The second kappa shape index (κ2) is 8.35. The van der Waals surface area contributed by atoms with Gasteiger partial charge in [-0.1, -0.05) is 51.1 Å². The first-order chi connectivity index (χ1) is 9.70. The molecular formula is C17H27NS2. The number of nitrogens with one attached hydrogen (secondary N) is 1. The molecule has 20 heavy (non-hydrogen) atoms. The lowest BCUT2D eigenvalue weighted by atomic mass is 10.0. The molecule has 112 valence electrons. The van der Waals surface area contributed by atoms with Gasteiger partial charge in [-0.3, -0.25) is 0 Å². The Morgan fingerprint density at radius 3 is 2.60 bits per heavy atom. The molecule has 1 aromatic rings. The van der Waals surface area contributed by atoms with Crippen LogP contribution in [0.4, 0.5) is 0 Å². The summed E-state index contributed by atoms with van der Waals surface area (Å²) < 4.78 is 0. The summed E-state index contributed by atoms with van der Waals surface area (Å²) in [6, 6.07) is 11.5. The van der Waals surface area contributed by atoms with Gasteiger partial charge in [-0.25, -0.2) is 0 Å². The topological polar surface area (TPSA) is 12.0 Å². The highest BCUT2D eigenvalue weighted by atomic mass is 32.2. The predicted octanol–water partition coefficient (Wildman–Crippen LogP) is 4.22. The van der Waals surface area contributed by atoms with E-state index >= 15 is 0 Å². The number of benzene rings is 1. The molecule has 0 amide bonds. The molecular weight excluding hydrogens is 282 g/mol. The molecule has 0 aliphatic carbocycles. The van der Waals surface area contributed by atoms with Crippen LogP contribution in [-0.4, -0.2) is 34.1 Å². The molecule has 1 nitrogen and oxygen atoms in total. The Labute approximate surface area is 132 Å². The minimum atomic E-state index is 0.646. The van der Waals surface area contributed by atoms with Crippen molar-refractivity contribution in [2.24, 2.45) is 0 Å². The van der Waals surface area contributed by atoms with Crippen molar-refractivity contribution >= 4 is 23.5 Å². The largest absolute Gasteiger partial charge is 0.313 e. The van der Waals surface area contributed by atoms with Crippen LogP contribution in [0.1, 0.15) is 32.8 Å². The van der Waals surface area contributed by atoms with Gasteiger partial charge < -0.3 is 5.32 Å². The number of rotatable bonds is 6. The van der Waals surface area contributed by atoms with Crippen molar-refractivity contribution in [2.45, 2.75) is 55.4 Å². The Morgan fingerprint density at radius 1 is 1.20 bits per heavy atom. The number of thioether (sulfide) groups is 2. The summed E-state index contributed by atoms with van der Waals surface area (Å²) in [5.41, 5.74) is 1.46. The van der Waals surface area contributed by atoms with E-state index in [9.17, 15) is 0 Å². The minimum absolute atomic E-state index is 0.646. The van der Waals surface area contributed by atoms with Crippen LogP contribution < -0.4 is 5.32 Å². The van der Waals surface area contributed by atoms with E-state index in [2.05, 4.69) is 79.9 Å². The van der Waals surface area contributed by atoms with Gasteiger partial charge in [0.25, 0.3) is 0 Å². The molecule has 1 aliphatic heterocycles. The van der Waals surface area contributed by atoms with Crippen LogP contribution >= 0.6 is 23.5 Å². The third-order valence-corrected chi connectivity index (χ3v) is 7.63. The van der Waals surface area contributed by atoms with Gasteiger partial charge in [0.1, 0.15) is 0 Å². The zero-order valence-electron chi connectivity index (χ0n) is 12.8. The molecule has 0 bridgehead atoms. The SMILES string of the molecule is CCNC(CCc1ccccc1)C1CSC(C)C(C)S1. The number of hydrogen-bond donors (Lipinski definition) is 1. The first kappa shape index (κ1) is 16.3. The van der Waals surface area contributed by atoms with E-state index in [0.717, 1.165) is 22.3 Å². The van der Waals surface area contributed by atoms with Crippen LogP contribution in [0.3, 0.4) is 0 Å². The molecule has 1 heterocycles. The molecule has 1 N–H and O–H groups in total. The maximum Gasteiger partial charge on any atom is 0.0295 e. The van der Waals surface area contributed by atoms with Gasteiger partial charge in [0.05, 0.1) is 0 Å². The summed E-state index contributed by atoms with van der Waals surface area (Å²) >= 11 is 4.34. The van der Waals surface area contributed by atoms with E-state index in [4.69, 9.17) is 0 Å². The van der Waals surface area contributed by atoms with Crippen LogP contribution in [0.5, 0.6) is 0 Å². The van der Waals surface area contributed by atoms with Crippen molar-refractivity contribution in [3.63, 3.8) is 0 Å².